The Balaban J connectivity index is 1.25. The van der Waals surface area contributed by atoms with E-state index in [4.69, 9.17) is 15.5 Å². The molecule has 3 N–H and O–H groups in total. The zero-order valence-corrected chi connectivity index (χ0v) is 23.0. The number of aromatic nitrogens is 2. The zero-order chi connectivity index (χ0) is 27.9. The predicted octanol–water partition coefficient (Wildman–Crippen LogP) is 4.93. The molecule has 10 heteroatoms. The molecule has 0 radical (unpaired) electrons. The van der Waals surface area contributed by atoms with Crippen LogP contribution >= 0.6 is 0 Å². The molecular weight excluding hydrogens is 529 g/mol. The maximum Gasteiger partial charge on any atom is 0.319 e. The first-order valence-corrected chi connectivity index (χ1v) is 15.0. The number of benzene rings is 2. The van der Waals surface area contributed by atoms with E-state index in [1.54, 1.807) is 12.1 Å². The van der Waals surface area contributed by atoms with Crippen molar-refractivity contribution in [3.8, 4) is 17.1 Å². The Labute approximate surface area is 237 Å². The van der Waals surface area contributed by atoms with Gasteiger partial charge in [-0.15, -0.1) is 0 Å². The molecule has 0 unspecified atom stereocenters. The molecule has 3 aromatic rings. The van der Waals surface area contributed by atoms with Crippen LogP contribution in [0.3, 0.4) is 0 Å². The molecule has 2 aromatic carbocycles. The summed E-state index contributed by atoms with van der Waals surface area (Å²) in [5.41, 5.74) is 7.46. The predicted molar refractivity (Wildman–Crippen MR) is 152 cm³/mol. The molecule has 4 saturated heterocycles. The standard InChI is InChI=1S/C31H35F3N6O/c32-18-12-31(8-1-9-40(31)13-18)16-41-30-37-28-24(29(38-30)39-14-20-5-6-21(15-39)36-20)11-25(33)26(27(28)34)23-10-19(35)4-7-22(23)17-2-3-17/h4,7,10-11,17-18,20-21,36H,1-3,5-6,8-9,12-16,35H2/t18-,20-,21+,31+/m1/s1. The quantitative estimate of drug-likeness (QED) is 0.411. The average molecular weight is 565 g/mol. The normalized spacial score (nSPS) is 29.4. The van der Waals surface area contributed by atoms with E-state index in [-0.39, 0.29) is 35.2 Å². The molecule has 4 aliphatic heterocycles. The molecule has 5 fully saturated rings. The van der Waals surface area contributed by atoms with Crippen LogP contribution in [-0.2, 0) is 0 Å². The van der Waals surface area contributed by atoms with Gasteiger partial charge in [0.1, 0.15) is 29.9 Å². The molecule has 1 aromatic heterocycles. The maximum absolute atomic E-state index is 16.6. The van der Waals surface area contributed by atoms with E-state index in [0.717, 1.165) is 50.6 Å². The lowest BCUT2D eigenvalue weighted by atomic mass is 9.94. The fraction of sp³-hybridized carbons (Fsp3) is 0.548. The van der Waals surface area contributed by atoms with E-state index in [1.165, 1.54) is 6.07 Å². The third-order valence-corrected chi connectivity index (χ3v) is 9.95. The van der Waals surface area contributed by atoms with Gasteiger partial charge < -0.3 is 20.7 Å². The summed E-state index contributed by atoms with van der Waals surface area (Å²) >= 11 is 0. The fourth-order valence-corrected chi connectivity index (χ4v) is 7.87. The average Bonchev–Trinajstić information content (AvgIpc) is 3.54. The van der Waals surface area contributed by atoms with Crippen molar-refractivity contribution < 1.29 is 17.9 Å². The van der Waals surface area contributed by atoms with Crippen molar-refractivity contribution in [1.82, 2.24) is 20.2 Å². The summed E-state index contributed by atoms with van der Waals surface area (Å²) in [6.07, 6.45) is 5.46. The zero-order valence-electron chi connectivity index (χ0n) is 23.0. The topological polar surface area (TPSA) is 79.5 Å². The first-order chi connectivity index (χ1) is 19.9. The lowest BCUT2D eigenvalue weighted by Gasteiger charge is -2.34. The minimum Gasteiger partial charge on any atom is -0.461 e. The molecule has 1 saturated carbocycles. The molecule has 1 aliphatic carbocycles. The van der Waals surface area contributed by atoms with Crippen LogP contribution in [0.2, 0.25) is 0 Å². The van der Waals surface area contributed by atoms with Gasteiger partial charge in [-0.05, 0) is 80.3 Å². The lowest BCUT2D eigenvalue weighted by Crippen LogP contribution is -2.51. The third-order valence-electron chi connectivity index (χ3n) is 9.95. The highest BCUT2D eigenvalue weighted by Gasteiger charge is 2.49. The van der Waals surface area contributed by atoms with Crippen molar-refractivity contribution >= 4 is 22.4 Å². The maximum atomic E-state index is 16.6. The second kappa shape index (κ2) is 9.46. The first-order valence-electron chi connectivity index (χ1n) is 15.0. The number of nitrogens with one attached hydrogen (secondary N) is 1. The van der Waals surface area contributed by atoms with Gasteiger partial charge in [0.2, 0.25) is 0 Å². The van der Waals surface area contributed by atoms with Gasteiger partial charge in [0.05, 0.1) is 11.1 Å². The van der Waals surface area contributed by atoms with Gasteiger partial charge in [-0.2, -0.15) is 9.97 Å². The van der Waals surface area contributed by atoms with Gasteiger partial charge >= 0.3 is 6.01 Å². The van der Waals surface area contributed by atoms with Crippen molar-refractivity contribution in [2.45, 2.75) is 74.7 Å². The van der Waals surface area contributed by atoms with Crippen LogP contribution in [0.4, 0.5) is 24.7 Å². The van der Waals surface area contributed by atoms with E-state index in [9.17, 15) is 4.39 Å². The van der Waals surface area contributed by atoms with Gasteiger partial charge in [0.15, 0.2) is 5.82 Å². The number of anilines is 2. The van der Waals surface area contributed by atoms with Gasteiger partial charge in [-0.3, -0.25) is 4.90 Å². The molecule has 0 spiro atoms. The number of piperazine rings is 1. The molecule has 216 valence electrons. The molecule has 0 amide bonds. The van der Waals surface area contributed by atoms with Gasteiger partial charge in [-0.1, -0.05) is 6.07 Å². The summed E-state index contributed by atoms with van der Waals surface area (Å²) in [5.74, 6) is -0.627. The van der Waals surface area contributed by atoms with Crippen LogP contribution in [0.15, 0.2) is 24.3 Å². The van der Waals surface area contributed by atoms with E-state index in [2.05, 4.69) is 20.1 Å². The Bertz CT molecular complexity index is 1520. The number of nitrogen functional groups attached to an aromatic ring is 1. The van der Waals surface area contributed by atoms with Gasteiger partial charge in [-0.25, -0.2) is 13.2 Å². The Morgan fingerprint density at radius 1 is 1.05 bits per heavy atom. The number of ether oxygens (including phenoxy) is 1. The number of nitrogens with zero attached hydrogens (tertiary/aromatic N) is 4. The Kier molecular flexibility index (Phi) is 5.90. The minimum absolute atomic E-state index is 0.0343. The van der Waals surface area contributed by atoms with Crippen LogP contribution < -0.4 is 20.7 Å². The van der Waals surface area contributed by atoms with Gasteiger partial charge in [0.25, 0.3) is 0 Å². The highest BCUT2D eigenvalue weighted by Crippen LogP contribution is 2.47. The summed E-state index contributed by atoms with van der Waals surface area (Å²) in [6.45, 7) is 2.88. The second-order valence-corrected chi connectivity index (χ2v) is 12.8. The second-order valence-electron chi connectivity index (χ2n) is 12.8. The number of rotatable bonds is 6. The molecule has 4 atom stereocenters. The number of hydrogen-bond acceptors (Lipinski definition) is 7. The highest BCUT2D eigenvalue weighted by molar-refractivity contribution is 5.94. The van der Waals surface area contributed by atoms with Crippen molar-refractivity contribution in [3.05, 3.63) is 41.5 Å². The molecule has 2 bridgehead atoms. The smallest absolute Gasteiger partial charge is 0.319 e. The van der Waals surface area contributed by atoms with Crippen LogP contribution in [0.1, 0.15) is 56.4 Å². The lowest BCUT2D eigenvalue weighted by molar-refractivity contribution is 0.107. The number of hydrogen-bond donors (Lipinski definition) is 2. The molecule has 8 rings (SSSR count). The van der Waals surface area contributed by atoms with Crippen LogP contribution in [-0.4, -0.2) is 71.4 Å². The number of fused-ring (bicyclic) bond motifs is 4. The summed E-state index contributed by atoms with van der Waals surface area (Å²) in [4.78, 5) is 13.6. The summed E-state index contributed by atoms with van der Waals surface area (Å²) < 4.78 is 53.2. The van der Waals surface area contributed by atoms with E-state index < -0.39 is 17.8 Å². The van der Waals surface area contributed by atoms with Crippen molar-refractivity contribution in [3.63, 3.8) is 0 Å². The summed E-state index contributed by atoms with van der Waals surface area (Å²) in [5, 5.41) is 3.94. The molecule has 41 heavy (non-hydrogen) atoms. The van der Waals surface area contributed by atoms with E-state index in [1.807, 2.05) is 6.07 Å². The summed E-state index contributed by atoms with van der Waals surface area (Å²) in [6, 6.07) is 7.36. The fourth-order valence-electron chi connectivity index (χ4n) is 7.87. The SMILES string of the molecule is Nc1ccc(C2CC2)c(-c2c(F)cc3c(N4C[C@H]5CC[C@@H](C4)N5)nc(OC[C@@]45CCCN4C[C@H](F)C5)nc3c2F)c1. The third kappa shape index (κ3) is 4.33. The van der Waals surface area contributed by atoms with Crippen LogP contribution in [0, 0.1) is 11.6 Å². The molecular formula is C31H35F3N6O. The van der Waals surface area contributed by atoms with Crippen molar-refractivity contribution in [2.75, 3.05) is 43.4 Å². The highest BCUT2D eigenvalue weighted by atomic mass is 19.1. The Hall–Kier alpha value is -3.11. The number of nitrogens with two attached hydrogens (primary N) is 1. The van der Waals surface area contributed by atoms with E-state index >= 15 is 8.78 Å². The summed E-state index contributed by atoms with van der Waals surface area (Å²) in [7, 11) is 0. The van der Waals surface area contributed by atoms with Crippen molar-refractivity contribution in [2.24, 2.45) is 0 Å². The first kappa shape index (κ1) is 25.6. The number of alkyl halides is 1. The Morgan fingerprint density at radius 3 is 2.63 bits per heavy atom. The largest absolute Gasteiger partial charge is 0.461 e. The van der Waals surface area contributed by atoms with Crippen LogP contribution in [0.5, 0.6) is 6.01 Å². The van der Waals surface area contributed by atoms with Crippen molar-refractivity contribution in [1.29, 1.82) is 0 Å². The van der Waals surface area contributed by atoms with Gasteiger partial charge in [0, 0.05) is 49.2 Å². The van der Waals surface area contributed by atoms with Crippen LogP contribution in [0.25, 0.3) is 22.0 Å². The molecule has 5 heterocycles. The molecule has 5 aliphatic rings. The van der Waals surface area contributed by atoms with E-state index in [0.29, 0.717) is 60.6 Å². The molecule has 7 nitrogen and oxygen atoms in total. The monoisotopic (exact) mass is 564 g/mol. The minimum atomic E-state index is -0.884. The Morgan fingerprint density at radius 2 is 1.85 bits per heavy atom. The number of halogens is 3.